The van der Waals surface area contributed by atoms with Crippen molar-refractivity contribution in [2.24, 2.45) is 5.92 Å². The Bertz CT molecular complexity index is 1250. The van der Waals surface area contributed by atoms with E-state index in [0.717, 1.165) is 20.5 Å². The number of thiophene rings is 1. The van der Waals surface area contributed by atoms with Crippen molar-refractivity contribution in [1.82, 2.24) is 20.6 Å². The molecule has 1 fully saturated rings. The van der Waals surface area contributed by atoms with E-state index in [1.807, 2.05) is 30.3 Å². The van der Waals surface area contributed by atoms with E-state index < -0.39 is 18.0 Å². The molecule has 1 saturated heterocycles. The molecule has 2 N–H and O–H groups in total. The van der Waals surface area contributed by atoms with Crippen molar-refractivity contribution in [2.75, 3.05) is 13.1 Å². The first kappa shape index (κ1) is 26.1. The molecule has 0 radical (unpaired) electrons. The van der Waals surface area contributed by atoms with E-state index >= 15 is 0 Å². The Morgan fingerprint density at radius 3 is 2.33 bits per heavy atom. The summed E-state index contributed by atoms with van der Waals surface area (Å²) in [5.74, 6) is -1.50. The molecule has 8 nitrogen and oxygen atoms in total. The van der Waals surface area contributed by atoms with Crippen molar-refractivity contribution < 1.29 is 19.1 Å². The van der Waals surface area contributed by atoms with Gasteiger partial charge in [0.25, 0.3) is 5.91 Å². The maximum absolute atomic E-state index is 13.0. The lowest BCUT2D eigenvalue weighted by Crippen LogP contribution is -2.50. The number of hydrogen-bond acceptors (Lipinski definition) is 8. The molecule has 0 aliphatic carbocycles. The summed E-state index contributed by atoms with van der Waals surface area (Å²) in [4.78, 5) is 48.4. The Balaban J connectivity index is 1.50. The number of carbonyl (C=O) groups excluding carboxylic acids is 3. The number of hydrogen-bond donors (Lipinski definition) is 2. The summed E-state index contributed by atoms with van der Waals surface area (Å²) < 4.78 is 5.92. The zero-order valence-electron chi connectivity index (χ0n) is 20.2. The van der Waals surface area contributed by atoms with E-state index in [1.165, 1.54) is 11.3 Å². The third-order valence-corrected chi connectivity index (χ3v) is 7.67. The minimum atomic E-state index is -1.02. The lowest BCUT2D eigenvalue weighted by Gasteiger charge is -2.25. The summed E-state index contributed by atoms with van der Waals surface area (Å²) in [7, 11) is 0. The van der Waals surface area contributed by atoms with E-state index in [4.69, 9.17) is 4.74 Å². The highest BCUT2D eigenvalue weighted by Gasteiger charge is 2.32. The Kier molecular flexibility index (Phi) is 7.97. The minimum Gasteiger partial charge on any atom is -0.391 e. The van der Waals surface area contributed by atoms with Crippen LogP contribution in [0.2, 0.25) is 0 Å². The van der Waals surface area contributed by atoms with Crippen LogP contribution in [-0.4, -0.2) is 46.9 Å². The molecule has 1 amide bonds. The number of nitrogens with zero attached hydrogens (tertiary/aromatic N) is 2. The Morgan fingerprint density at radius 1 is 1.11 bits per heavy atom. The van der Waals surface area contributed by atoms with Gasteiger partial charge < -0.3 is 15.4 Å². The molecule has 4 rings (SSSR count). The number of esters is 2. The van der Waals surface area contributed by atoms with Crippen LogP contribution in [0, 0.1) is 5.92 Å². The van der Waals surface area contributed by atoms with Gasteiger partial charge in [-0.05, 0) is 39.0 Å². The minimum absolute atomic E-state index is 0.0922. The largest absolute Gasteiger partial charge is 0.391 e. The third kappa shape index (κ3) is 6.43. The Morgan fingerprint density at radius 2 is 1.78 bits per heavy atom. The van der Waals surface area contributed by atoms with Crippen LogP contribution >= 0.6 is 27.3 Å². The Labute approximate surface area is 222 Å². The average molecular weight is 571 g/mol. The van der Waals surface area contributed by atoms with Gasteiger partial charge in [0, 0.05) is 42.3 Å². The van der Waals surface area contributed by atoms with Crippen molar-refractivity contribution in [3.63, 3.8) is 0 Å². The van der Waals surface area contributed by atoms with Gasteiger partial charge in [0.1, 0.15) is 6.04 Å². The number of amides is 1. The van der Waals surface area contributed by atoms with Gasteiger partial charge >= 0.3 is 11.9 Å². The smallest absolute Gasteiger partial charge is 0.336 e. The molecule has 1 aliphatic heterocycles. The number of carbonyl (C=O) groups is 3. The molecule has 1 atom stereocenters. The fourth-order valence-electron chi connectivity index (χ4n) is 3.48. The molecule has 1 aromatic carbocycles. The molecule has 0 unspecified atom stereocenters. The molecule has 0 saturated carbocycles. The SMILES string of the molecule is CC(C)(C)c1ccc(C(=O)N[C@@H](Cc2ccc(-c3ncc(Br)cn3)cc2)C(=O)OC(=O)C2CNC2)s1. The van der Waals surface area contributed by atoms with Crippen LogP contribution < -0.4 is 10.6 Å². The molecule has 3 aromatic rings. The first-order chi connectivity index (χ1) is 17.1. The highest BCUT2D eigenvalue weighted by molar-refractivity contribution is 9.10. The van der Waals surface area contributed by atoms with Gasteiger partial charge in [0.2, 0.25) is 0 Å². The van der Waals surface area contributed by atoms with Gasteiger partial charge in [-0.25, -0.2) is 14.8 Å². The van der Waals surface area contributed by atoms with Crippen LogP contribution in [0.4, 0.5) is 0 Å². The highest BCUT2D eigenvalue weighted by atomic mass is 79.9. The monoisotopic (exact) mass is 570 g/mol. The van der Waals surface area contributed by atoms with Crippen LogP contribution in [0.25, 0.3) is 11.4 Å². The fraction of sp³-hybridized carbons (Fsp3) is 0.346. The lowest BCUT2D eigenvalue weighted by molar-refractivity contribution is -0.165. The number of rotatable bonds is 7. The van der Waals surface area contributed by atoms with Crippen LogP contribution in [-0.2, 0) is 26.2 Å². The third-order valence-electron chi connectivity index (χ3n) is 5.75. The van der Waals surface area contributed by atoms with Gasteiger partial charge in [-0.1, -0.05) is 45.0 Å². The highest BCUT2D eigenvalue weighted by Crippen LogP contribution is 2.29. The van der Waals surface area contributed by atoms with Crippen molar-refractivity contribution in [3.8, 4) is 11.4 Å². The maximum Gasteiger partial charge on any atom is 0.336 e. The molecule has 0 spiro atoms. The van der Waals surface area contributed by atoms with Crippen molar-refractivity contribution in [3.05, 3.63) is 68.6 Å². The molecule has 10 heteroatoms. The summed E-state index contributed by atoms with van der Waals surface area (Å²) in [6.45, 7) is 7.18. The fourth-order valence-corrected chi connectivity index (χ4v) is 4.65. The molecule has 36 heavy (non-hydrogen) atoms. The van der Waals surface area contributed by atoms with Gasteiger partial charge in [0.15, 0.2) is 5.82 Å². The zero-order chi connectivity index (χ0) is 25.9. The molecule has 2 aromatic heterocycles. The van der Waals surface area contributed by atoms with Crippen molar-refractivity contribution in [1.29, 1.82) is 0 Å². The number of nitrogens with one attached hydrogen (secondary N) is 2. The standard InChI is InChI=1S/C26H27BrN4O4S/c1-26(2,3)21-9-8-20(36-21)23(32)31-19(25(34)35-24(33)17-11-28-12-17)10-15-4-6-16(7-5-15)22-29-13-18(27)14-30-22/h4-9,13-14,17,19,28H,10-12H2,1-3H3,(H,31,32)/t19-/m0/s1. The van der Waals surface area contributed by atoms with E-state index in [0.29, 0.717) is 23.8 Å². The molecule has 0 bridgehead atoms. The predicted molar refractivity (Wildman–Crippen MR) is 141 cm³/mol. The van der Waals surface area contributed by atoms with Gasteiger partial charge in [-0.3, -0.25) is 9.59 Å². The molecule has 1 aliphatic rings. The van der Waals surface area contributed by atoms with Crippen LogP contribution in [0.1, 0.15) is 40.9 Å². The predicted octanol–water partition coefficient (Wildman–Crippen LogP) is 3.90. The van der Waals surface area contributed by atoms with E-state index in [2.05, 4.69) is 57.3 Å². The topological polar surface area (TPSA) is 110 Å². The maximum atomic E-state index is 13.0. The first-order valence-electron chi connectivity index (χ1n) is 11.5. The summed E-state index contributed by atoms with van der Waals surface area (Å²) >= 11 is 4.70. The number of benzene rings is 1. The number of halogens is 1. The number of aromatic nitrogens is 2. The quantitative estimate of drug-likeness (QED) is 0.327. The van der Waals surface area contributed by atoms with E-state index in [-0.39, 0.29) is 23.7 Å². The van der Waals surface area contributed by atoms with E-state index in [9.17, 15) is 14.4 Å². The molecular formula is C26H27BrN4O4S. The average Bonchev–Trinajstić information content (AvgIpc) is 3.30. The second kappa shape index (κ2) is 11.0. The van der Waals surface area contributed by atoms with Gasteiger partial charge in [-0.2, -0.15) is 0 Å². The second-order valence-corrected chi connectivity index (χ2v) is 11.7. The van der Waals surface area contributed by atoms with Crippen LogP contribution in [0.3, 0.4) is 0 Å². The summed E-state index contributed by atoms with van der Waals surface area (Å²) in [6.07, 6.45) is 3.50. The molecule has 3 heterocycles. The summed E-state index contributed by atoms with van der Waals surface area (Å²) in [6, 6.07) is 10.0. The van der Waals surface area contributed by atoms with Crippen LogP contribution in [0.15, 0.2) is 53.3 Å². The molecular weight excluding hydrogens is 544 g/mol. The van der Waals surface area contributed by atoms with E-state index in [1.54, 1.807) is 18.5 Å². The summed E-state index contributed by atoms with van der Waals surface area (Å²) in [5, 5.41) is 5.76. The molecule has 188 valence electrons. The first-order valence-corrected chi connectivity index (χ1v) is 13.2. The lowest BCUT2D eigenvalue weighted by atomic mass is 9.95. The van der Waals surface area contributed by atoms with Crippen molar-refractivity contribution >= 4 is 45.1 Å². The normalized spacial score (nSPS) is 14.6. The summed E-state index contributed by atoms with van der Waals surface area (Å²) in [5.41, 5.74) is 1.51. The van der Waals surface area contributed by atoms with Gasteiger partial charge in [-0.15, -0.1) is 11.3 Å². The second-order valence-electron chi connectivity index (χ2n) is 9.66. The van der Waals surface area contributed by atoms with Gasteiger partial charge in [0.05, 0.1) is 15.3 Å². The Hall–Kier alpha value is -2.95. The van der Waals surface area contributed by atoms with Crippen LogP contribution in [0.5, 0.6) is 0 Å². The zero-order valence-corrected chi connectivity index (χ0v) is 22.6. The number of ether oxygens (including phenoxy) is 1. The van der Waals surface area contributed by atoms with Crippen molar-refractivity contribution in [2.45, 2.75) is 38.6 Å².